The van der Waals surface area contributed by atoms with E-state index in [2.05, 4.69) is 15.6 Å². The van der Waals surface area contributed by atoms with Crippen molar-refractivity contribution in [3.8, 4) is 0 Å². The van der Waals surface area contributed by atoms with Crippen LogP contribution in [-0.2, 0) is 9.53 Å². The second kappa shape index (κ2) is 7.47. The molecule has 6 nitrogen and oxygen atoms in total. The van der Waals surface area contributed by atoms with Gasteiger partial charge in [-0.2, -0.15) is 0 Å². The number of ether oxygens (including phenoxy) is 1. The van der Waals surface area contributed by atoms with Crippen molar-refractivity contribution in [3.63, 3.8) is 0 Å². The normalized spacial score (nSPS) is 10.6. The van der Waals surface area contributed by atoms with Gasteiger partial charge >= 0.3 is 5.97 Å². The maximum absolute atomic E-state index is 11.9. The number of fused-ring (bicyclic) bond motifs is 1. The Balaban J connectivity index is 2.14. The number of carbonyl (C=O) groups excluding carboxylic acids is 2. The van der Waals surface area contributed by atoms with E-state index in [0.29, 0.717) is 17.1 Å². The highest BCUT2D eigenvalue weighted by molar-refractivity contribution is 7.80. The van der Waals surface area contributed by atoms with E-state index in [1.807, 2.05) is 0 Å². The molecule has 1 aromatic carbocycles. The number of anilines is 1. The Bertz CT molecular complexity index is 756. The lowest BCUT2D eigenvalue weighted by Crippen LogP contribution is -2.33. The molecule has 0 atom stereocenters. The number of nitrogens with one attached hydrogen (secondary N) is 2. The molecule has 0 spiro atoms. The maximum Gasteiger partial charge on any atom is 0.338 e. The largest absolute Gasteiger partial charge is 0.459 e. The molecule has 1 aromatic heterocycles. The third-order valence-corrected chi connectivity index (χ3v) is 3.90. The molecule has 0 saturated heterocycles. The van der Waals surface area contributed by atoms with Crippen LogP contribution in [-0.4, -0.2) is 28.1 Å². The summed E-state index contributed by atoms with van der Waals surface area (Å²) in [7, 11) is 0. The van der Waals surface area contributed by atoms with Crippen molar-refractivity contribution in [1.29, 1.82) is 0 Å². The zero-order valence-corrected chi connectivity index (χ0v) is 14.6. The number of carbonyl (C=O) groups is 2. The van der Waals surface area contributed by atoms with E-state index in [1.54, 1.807) is 39.0 Å². The van der Waals surface area contributed by atoms with E-state index in [0.717, 1.165) is 10.2 Å². The number of esters is 1. The quantitative estimate of drug-likeness (QED) is 0.651. The average Bonchev–Trinajstić information content (AvgIpc) is 2.87. The lowest BCUT2D eigenvalue weighted by Gasteiger charge is -2.07. The fraction of sp³-hybridized carbons (Fsp3) is 0.333. The van der Waals surface area contributed by atoms with E-state index in [-0.39, 0.29) is 23.1 Å². The summed E-state index contributed by atoms with van der Waals surface area (Å²) >= 11 is 6.39. The first-order valence-corrected chi connectivity index (χ1v) is 8.34. The van der Waals surface area contributed by atoms with Crippen LogP contribution in [0.2, 0.25) is 0 Å². The van der Waals surface area contributed by atoms with E-state index in [9.17, 15) is 9.59 Å². The van der Waals surface area contributed by atoms with Crippen molar-refractivity contribution in [2.24, 2.45) is 0 Å². The van der Waals surface area contributed by atoms with Gasteiger partial charge in [0, 0.05) is 6.42 Å². The fourth-order valence-electron chi connectivity index (χ4n) is 1.73. The highest BCUT2D eigenvalue weighted by Gasteiger charge is 2.12. The summed E-state index contributed by atoms with van der Waals surface area (Å²) in [5.74, 6) is -0.530. The molecule has 1 amide bonds. The number of thiazole rings is 1. The van der Waals surface area contributed by atoms with Crippen molar-refractivity contribution >= 4 is 55.9 Å². The Morgan fingerprint density at radius 2 is 2.13 bits per heavy atom. The molecule has 2 N–H and O–H groups in total. The molecule has 0 aliphatic rings. The van der Waals surface area contributed by atoms with Gasteiger partial charge in [-0.05, 0) is 44.3 Å². The minimum Gasteiger partial charge on any atom is -0.459 e. The molecule has 0 radical (unpaired) electrons. The van der Waals surface area contributed by atoms with Crippen molar-refractivity contribution in [3.05, 3.63) is 23.8 Å². The number of thiocarbonyl (C=S) groups is 1. The van der Waals surface area contributed by atoms with Crippen molar-refractivity contribution < 1.29 is 14.3 Å². The molecule has 23 heavy (non-hydrogen) atoms. The summed E-state index contributed by atoms with van der Waals surface area (Å²) < 4.78 is 6.00. The van der Waals surface area contributed by atoms with Crippen molar-refractivity contribution in [2.45, 2.75) is 33.3 Å². The Morgan fingerprint density at radius 1 is 1.39 bits per heavy atom. The standard InChI is InChI=1S/C15H17N3O3S2/c1-4-12(19)17-14(22)18-15-16-10-6-5-9(7-11(10)23-15)13(20)21-8(2)3/h5-8H,4H2,1-3H3,(H2,16,17,18,19,22). The number of amides is 1. The first-order valence-electron chi connectivity index (χ1n) is 7.11. The maximum atomic E-state index is 11.9. The van der Waals surface area contributed by atoms with Gasteiger partial charge in [0.2, 0.25) is 5.91 Å². The van der Waals surface area contributed by atoms with E-state index >= 15 is 0 Å². The fourth-order valence-corrected chi connectivity index (χ4v) is 2.92. The van der Waals surface area contributed by atoms with Gasteiger partial charge in [-0.3, -0.25) is 4.79 Å². The zero-order valence-electron chi connectivity index (χ0n) is 13.0. The van der Waals surface area contributed by atoms with Crippen LogP contribution in [0.4, 0.5) is 5.13 Å². The molecule has 0 aliphatic carbocycles. The molecular weight excluding hydrogens is 334 g/mol. The van der Waals surface area contributed by atoms with E-state index in [4.69, 9.17) is 17.0 Å². The molecule has 1 heterocycles. The second-order valence-corrected chi connectivity index (χ2v) is 6.45. The van der Waals surface area contributed by atoms with Gasteiger partial charge in [0.05, 0.1) is 21.9 Å². The number of benzene rings is 1. The Kier molecular flexibility index (Phi) is 5.62. The van der Waals surface area contributed by atoms with Crippen LogP contribution < -0.4 is 10.6 Å². The van der Waals surface area contributed by atoms with Crippen LogP contribution in [0.1, 0.15) is 37.6 Å². The van der Waals surface area contributed by atoms with Gasteiger partial charge < -0.3 is 15.4 Å². The van der Waals surface area contributed by atoms with Crippen molar-refractivity contribution in [2.75, 3.05) is 5.32 Å². The lowest BCUT2D eigenvalue weighted by atomic mass is 10.2. The predicted molar refractivity (Wildman–Crippen MR) is 94.8 cm³/mol. The molecule has 2 rings (SSSR count). The minimum atomic E-state index is -0.365. The molecule has 0 fully saturated rings. The second-order valence-electron chi connectivity index (χ2n) is 5.01. The predicted octanol–water partition coefficient (Wildman–Crippen LogP) is 3.08. The molecule has 0 saturated carbocycles. The summed E-state index contributed by atoms with van der Waals surface area (Å²) in [6, 6.07) is 5.16. The van der Waals surface area contributed by atoms with Crippen LogP contribution in [0.5, 0.6) is 0 Å². The highest BCUT2D eigenvalue weighted by Crippen LogP contribution is 2.27. The number of aromatic nitrogens is 1. The van der Waals surface area contributed by atoms with E-state index < -0.39 is 0 Å². The van der Waals surface area contributed by atoms with Crippen LogP contribution in [0, 0.1) is 0 Å². The van der Waals surface area contributed by atoms with Crippen LogP contribution in [0.3, 0.4) is 0 Å². The monoisotopic (exact) mass is 351 g/mol. The molecule has 2 aromatic rings. The number of rotatable bonds is 4. The molecule has 0 aliphatic heterocycles. The van der Waals surface area contributed by atoms with Gasteiger partial charge in [0.1, 0.15) is 0 Å². The minimum absolute atomic E-state index is 0.165. The number of hydrogen-bond acceptors (Lipinski definition) is 6. The van der Waals surface area contributed by atoms with Crippen LogP contribution in [0.15, 0.2) is 18.2 Å². The molecule has 8 heteroatoms. The number of hydrogen-bond donors (Lipinski definition) is 2. The Labute approximate surface area is 143 Å². The van der Waals surface area contributed by atoms with Gasteiger partial charge in [-0.1, -0.05) is 18.3 Å². The first kappa shape index (κ1) is 17.3. The van der Waals surface area contributed by atoms with Gasteiger partial charge in [-0.15, -0.1) is 0 Å². The molecule has 0 bridgehead atoms. The van der Waals surface area contributed by atoms with Gasteiger partial charge in [-0.25, -0.2) is 9.78 Å². The summed E-state index contributed by atoms with van der Waals surface area (Å²) in [6.07, 6.45) is 0.180. The van der Waals surface area contributed by atoms with Crippen LogP contribution >= 0.6 is 23.6 Å². The number of nitrogens with zero attached hydrogens (tertiary/aromatic N) is 1. The highest BCUT2D eigenvalue weighted by atomic mass is 32.1. The third kappa shape index (κ3) is 4.70. The summed E-state index contributed by atoms with van der Waals surface area (Å²) in [4.78, 5) is 27.6. The SMILES string of the molecule is CCC(=O)NC(=S)Nc1nc2ccc(C(=O)OC(C)C)cc2s1. The average molecular weight is 351 g/mol. The Hall–Kier alpha value is -2.06. The third-order valence-electron chi connectivity index (χ3n) is 2.76. The van der Waals surface area contributed by atoms with Crippen LogP contribution in [0.25, 0.3) is 10.2 Å². The summed E-state index contributed by atoms with van der Waals surface area (Å²) in [5, 5.41) is 6.17. The van der Waals surface area contributed by atoms with Crippen molar-refractivity contribution in [1.82, 2.24) is 10.3 Å². The lowest BCUT2D eigenvalue weighted by molar-refractivity contribution is -0.119. The molecular formula is C15H17N3O3S2. The summed E-state index contributed by atoms with van der Waals surface area (Å²) in [6.45, 7) is 5.35. The zero-order chi connectivity index (χ0) is 17.0. The molecule has 122 valence electrons. The Morgan fingerprint density at radius 3 is 2.78 bits per heavy atom. The molecule has 0 unspecified atom stereocenters. The summed E-state index contributed by atoms with van der Waals surface area (Å²) in [5.41, 5.74) is 1.21. The van der Waals surface area contributed by atoms with Gasteiger partial charge in [0.15, 0.2) is 10.2 Å². The van der Waals surface area contributed by atoms with E-state index in [1.165, 1.54) is 11.3 Å². The smallest absolute Gasteiger partial charge is 0.338 e. The first-order chi connectivity index (χ1) is 10.9. The topological polar surface area (TPSA) is 80.3 Å². The van der Waals surface area contributed by atoms with Gasteiger partial charge in [0.25, 0.3) is 0 Å².